The third kappa shape index (κ3) is 5.75. The molecule has 0 unspecified atom stereocenters. The maximum atomic E-state index is 12.4. The predicted octanol–water partition coefficient (Wildman–Crippen LogP) is 3.72. The van der Waals surface area contributed by atoms with Crippen molar-refractivity contribution in [3.63, 3.8) is 0 Å². The lowest BCUT2D eigenvalue weighted by Crippen LogP contribution is -2.33. The number of ether oxygens (including phenoxy) is 1. The Morgan fingerprint density at radius 2 is 1.83 bits per heavy atom. The highest BCUT2D eigenvalue weighted by Gasteiger charge is 2.23. The number of carbonyl (C=O) groups excluding carboxylic acids is 1. The van der Waals surface area contributed by atoms with E-state index in [9.17, 15) is 4.79 Å². The lowest BCUT2D eigenvalue weighted by atomic mass is 10.2. The highest BCUT2D eigenvalue weighted by atomic mass is 32.1. The molecule has 0 bridgehead atoms. The monoisotopic (exact) mass is 488 g/mol. The van der Waals surface area contributed by atoms with E-state index in [0.29, 0.717) is 5.75 Å². The van der Waals surface area contributed by atoms with Crippen molar-refractivity contribution in [3.8, 4) is 16.3 Å². The summed E-state index contributed by atoms with van der Waals surface area (Å²) in [6.45, 7) is 5.33. The van der Waals surface area contributed by atoms with Crippen molar-refractivity contribution < 1.29 is 9.53 Å². The standard InChI is InChI=1S/C26H28N6O2S/c1-19(28-24(33)18-34-21-10-6-3-7-11-21)25-30-29-23-12-13-31(14-15-32(23)25)17-22-16-27-26(35-22)20-8-4-2-5-9-20/h2-11,16,19H,12-15,17-18H2,1H3,(H,28,33)/t19-/m0/s1. The number of carbonyl (C=O) groups is 1. The van der Waals surface area contributed by atoms with E-state index >= 15 is 0 Å². The number of nitrogens with zero attached hydrogens (tertiary/aromatic N) is 5. The first-order valence-corrected chi connectivity index (χ1v) is 12.6. The van der Waals surface area contributed by atoms with Gasteiger partial charge in [-0.05, 0) is 19.1 Å². The van der Waals surface area contributed by atoms with Gasteiger partial charge in [0.1, 0.15) is 16.6 Å². The first-order valence-electron chi connectivity index (χ1n) is 11.8. The molecular formula is C26H28N6O2S. The number of hydrogen-bond donors (Lipinski definition) is 1. The molecule has 1 amide bonds. The van der Waals surface area contributed by atoms with Crippen LogP contribution in [0.3, 0.4) is 0 Å². The number of hydrogen-bond acceptors (Lipinski definition) is 7. The van der Waals surface area contributed by atoms with Gasteiger partial charge < -0.3 is 14.6 Å². The fraction of sp³-hybridized carbons (Fsp3) is 0.308. The second kappa shape index (κ2) is 10.8. The third-order valence-corrected chi connectivity index (χ3v) is 7.01. The van der Waals surface area contributed by atoms with Crippen LogP contribution in [0.4, 0.5) is 0 Å². The maximum Gasteiger partial charge on any atom is 0.258 e. The molecule has 1 aliphatic rings. The van der Waals surface area contributed by atoms with Crippen LogP contribution in [0.5, 0.6) is 5.75 Å². The average molecular weight is 489 g/mol. The number of nitrogens with one attached hydrogen (secondary N) is 1. The molecule has 3 heterocycles. The molecule has 0 fully saturated rings. The second-order valence-corrected chi connectivity index (χ2v) is 9.66. The van der Waals surface area contributed by atoms with Crippen molar-refractivity contribution in [2.24, 2.45) is 0 Å². The van der Waals surface area contributed by atoms with Gasteiger partial charge in [0.2, 0.25) is 0 Å². The number of para-hydroxylation sites is 1. The van der Waals surface area contributed by atoms with Crippen molar-refractivity contribution in [2.45, 2.75) is 32.5 Å². The molecule has 180 valence electrons. The number of fused-ring (bicyclic) bond motifs is 1. The van der Waals surface area contributed by atoms with Crippen LogP contribution >= 0.6 is 11.3 Å². The fourth-order valence-electron chi connectivity index (χ4n) is 4.20. The highest BCUT2D eigenvalue weighted by molar-refractivity contribution is 7.15. The molecule has 4 aromatic rings. The van der Waals surface area contributed by atoms with Crippen LogP contribution in [0.2, 0.25) is 0 Å². The van der Waals surface area contributed by atoms with Gasteiger partial charge in [-0.2, -0.15) is 0 Å². The minimum atomic E-state index is -0.260. The van der Waals surface area contributed by atoms with Crippen LogP contribution in [0.15, 0.2) is 66.9 Å². The van der Waals surface area contributed by atoms with Gasteiger partial charge in [0.05, 0.1) is 6.04 Å². The SMILES string of the molecule is C[C@H](NC(=O)COc1ccccc1)c1nnc2n1CCN(Cc1cnc(-c3ccccc3)s1)CC2. The zero-order chi connectivity index (χ0) is 24.0. The Hall–Kier alpha value is -3.56. The van der Waals surface area contributed by atoms with Crippen molar-refractivity contribution in [1.29, 1.82) is 0 Å². The molecule has 2 aromatic carbocycles. The first kappa shape index (κ1) is 23.2. The number of benzene rings is 2. The lowest BCUT2D eigenvalue weighted by Gasteiger charge is -2.19. The van der Waals surface area contributed by atoms with Crippen LogP contribution in [0, 0.1) is 0 Å². The molecule has 0 saturated carbocycles. The molecule has 0 radical (unpaired) electrons. The normalized spacial score (nSPS) is 14.7. The summed E-state index contributed by atoms with van der Waals surface area (Å²) in [6, 6.07) is 19.3. The Bertz CT molecular complexity index is 1260. The van der Waals surface area contributed by atoms with E-state index in [1.54, 1.807) is 11.3 Å². The summed E-state index contributed by atoms with van der Waals surface area (Å²) in [7, 11) is 0. The van der Waals surface area contributed by atoms with Gasteiger partial charge in [-0.3, -0.25) is 9.69 Å². The van der Waals surface area contributed by atoms with Crippen molar-refractivity contribution in [2.75, 3.05) is 19.7 Å². The largest absolute Gasteiger partial charge is 0.484 e. The van der Waals surface area contributed by atoms with Gasteiger partial charge >= 0.3 is 0 Å². The van der Waals surface area contributed by atoms with Gasteiger partial charge in [0.15, 0.2) is 12.4 Å². The van der Waals surface area contributed by atoms with Crippen molar-refractivity contribution in [3.05, 3.63) is 83.4 Å². The molecule has 8 nitrogen and oxygen atoms in total. The molecule has 2 aromatic heterocycles. The fourth-order valence-corrected chi connectivity index (χ4v) is 5.16. The quantitative estimate of drug-likeness (QED) is 0.407. The van der Waals surface area contributed by atoms with Gasteiger partial charge in [0, 0.05) is 49.2 Å². The molecule has 5 rings (SSSR count). The summed E-state index contributed by atoms with van der Waals surface area (Å²) in [5, 5.41) is 12.8. The summed E-state index contributed by atoms with van der Waals surface area (Å²) in [4.78, 5) is 20.7. The topological polar surface area (TPSA) is 85.2 Å². The molecule has 1 atom stereocenters. The summed E-state index contributed by atoms with van der Waals surface area (Å²) in [5.74, 6) is 2.22. The summed E-state index contributed by atoms with van der Waals surface area (Å²) < 4.78 is 7.70. The zero-order valence-corrected chi connectivity index (χ0v) is 20.4. The van der Waals surface area contributed by atoms with E-state index in [1.165, 1.54) is 4.88 Å². The summed E-state index contributed by atoms with van der Waals surface area (Å²) in [5.41, 5.74) is 1.15. The van der Waals surface area contributed by atoms with Crippen LogP contribution < -0.4 is 10.1 Å². The average Bonchev–Trinajstić information content (AvgIpc) is 3.48. The Labute approximate surface area is 208 Å². The zero-order valence-electron chi connectivity index (χ0n) is 19.6. The van der Waals surface area contributed by atoms with E-state index in [2.05, 4.69) is 42.1 Å². The molecular weight excluding hydrogens is 460 g/mol. The van der Waals surface area contributed by atoms with Crippen LogP contribution in [0.25, 0.3) is 10.6 Å². The Kier molecular flexibility index (Phi) is 7.15. The van der Waals surface area contributed by atoms with E-state index < -0.39 is 0 Å². The van der Waals surface area contributed by atoms with E-state index in [0.717, 1.165) is 54.8 Å². The predicted molar refractivity (Wildman–Crippen MR) is 135 cm³/mol. The molecule has 1 aliphatic heterocycles. The Balaban J connectivity index is 1.16. The minimum Gasteiger partial charge on any atom is -0.484 e. The molecule has 0 spiro atoms. The third-order valence-electron chi connectivity index (χ3n) is 5.98. The number of thiazole rings is 1. The van der Waals surface area contributed by atoms with Gasteiger partial charge in [0.25, 0.3) is 5.91 Å². The number of rotatable bonds is 8. The summed E-state index contributed by atoms with van der Waals surface area (Å²) >= 11 is 1.74. The van der Waals surface area contributed by atoms with Gasteiger partial charge in [-0.15, -0.1) is 21.5 Å². The second-order valence-electron chi connectivity index (χ2n) is 8.54. The van der Waals surface area contributed by atoms with E-state index in [1.807, 2.05) is 61.7 Å². The highest BCUT2D eigenvalue weighted by Crippen LogP contribution is 2.26. The Morgan fingerprint density at radius 1 is 1.06 bits per heavy atom. The molecule has 9 heteroatoms. The molecule has 0 aliphatic carbocycles. The Morgan fingerprint density at radius 3 is 2.63 bits per heavy atom. The summed E-state index contributed by atoms with van der Waals surface area (Å²) in [6.07, 6.45) is 2.80. The van der Waals surface area contributed by atoms with Crippen LogP contribution in [-0.4, -0.2) is 50.3 Å². The van der Waals surface area contributed by atoms with Crippen molar-refractivity contribution in [1.82, 2.24) is 30.0 Å². The van der Waals surface area contributed by atoms with E-state index in [-0.39, 0.29) is 18.6 Å². The van der Waals surface area contributed by atoms with Crippen LogP contribution in [0.1, 0.15) is 29.5 Å². The maximum absolute atomic E-state index is 12.4. The van der Waals surface area contributed by atoms with Gasteiger partial charge in [-0.1, -0.05) is 48.5 Å². The molecule has 35 heavy (non-hydrogen) atoms. The number of aromatic nitrogens is 4. The lowest BCUT2D eigenvalue weighted by molar-refractivity contribution is -0.123. The minimum absolute atomic E-state index is 0.0387. The first-order chi connectivity index (χ1) is 17.2. The number of amides is 1. The van der Waals surface area contributed by atoms with Gasteiger partial charge in [-0.25, -0.2) is 4.98 Å². The smallest absolute Gasteiger partial charge is 0.258 e. The molecule has 1 N–H and O–H groups in total. The molecule has 0 saturated heterocycles. The van der Waals surface area contributed by atoms with E-state index in [4.69, 9.17) is 4.74 Å². The van der Waals surface area contributed by atoms with Crippen molar-refractivity contribution >= 4 is 17.2 Å². The van der Waals surface area contributed by atoms with Crippen LogP contribution in [-0.2, 0) is 24.3 Å².